The van der Waals surface area contributed by atoms with Crippen molar-refractivity contribution in [3.63, 3.8) is 0 Å². The SMILES string of the molecule is c1ccc(N(c2ccccc2)c2ccc(-n3c4cc5c(cc4c4ccc6ccccc6c43)c3ccccc3n5-c3ccccc3)cc2)cc1. The van der Waals surface area contributed by atoms with Crippen LogP contribution in [0.2, 0.25) is 0 Å². The Morgan fingerprint density at radius 2 is 0.837 bits per heavy atom. The largest absolute Gasteiger partial charge is 0.311 e. The Labute approximate surface area is 284 Å². The monoisotopic (exact) mass is 625 g/mol. The fraction of sp³-hybridized carbons (Fsp3) is 0. The molecule has 3 nitrogen and oxygen atoms in total. The summed E-state index contributed by atoms with van der Waals surface area (Å²) in [7, 11) is 0. The third-order valence-corrected chi connectivity index (χ3v) is 9.85. The number of para-hydroxylation sites is 4. The second-order valence-electron chi connectivity index (χ2n) is 12.6. The Bertz CT molecular complexity index is 2750. The first-order valence-corrected chi connectivity index (χ1v) is 16.8. The molecule has 0 bridgehead atoms. The molecule has 10 aromatic rings. The summed E-state index contributed by atoms with van der Waals surface area (Å²) in [5.74, 6) is 0. The van der Waals surface area contributed by atoms with Crippen LogP contribution >= 0.6 is 0 Å². The Balaban J connectivity index is 1.26. The zero-order valence-corrected chi connectivity index (χ0v) is 26.7. The Morgan fingerprint density at radius 3 is 1.55 bits per heavy atom. The molecule has 0 unspecified atom stereocenters. The summed E-state index contributed by atoms with van der Waals surface area (Å²) in [6, 6.07) is 67.8. The fourth-order valence-electron chi connectivity index (χ4n) is 7.71. The summed E-state index contributed by atoms with van der Waals surface area (Å²) in [5.41, 5.74) is 10.5. The van der Waals surface area contributed by atoms with Crippen LogP contribution in [0, 0.1) is 0 Å². The van der Waals surface area contributed by atoms with E-state index >= 15 is 0 Å². The molecule has 0 saturated carbocycles. The summed E-state index contributed by atoms with van der Waals surface area (Å²) >= 11 is 0. The second kappa shape index (κ2) is 11.0. The molecule has 0 aliphatic carbocycles. The molecule has 0 aliphatic heterocycles. The van der Waals surface area contributed by atoms with E-state index in [2.05, 4.69) is 202 Å². The van der Waals surface area contributed by atoms with E-state index in [1.54, 1.807) is 0 Å². The molecule has 0 amide bonds. The molecular formula is C46H31N3. The molecule has 49 heavy (non-hydrogen) atoms. The maximum atomic E-state index is 2.47. The molecule has 0 saturated heterocycles. The van der Waals surface area contributed by atoms with Gasteiger partial charge in [-0.25, -0.2) is 0 Å². The number of aromatic nitrogens is 2. The first-order valence-electron chi connectivity index (χ1n) is 16.8. The van der Waals surface area contributed by atoms with Crippen LogP contribution in [0.3, 0.4) is 0 Å². The third-order valence-electron chi connectivity index (χ3n) is 9.85. The predicted octanol–water partition coefficient (Wildman–Crippen LogP) is 12.5. The normalized spacial score (nSPS) is 11.7. The van der Waals surface area contributed by atoms with Crippen LogP contribution in [-0.2, 0) is 0 Å². The molecule has 2 heterocycles. The van der Waals surface area contributed by atoms with Crippen LogP contribution in [0.5, 0.6) is 0 Å². The van der Waals surface area contributed by atoms with Gasteiger partial charge in [0.05, 0.1) is 22.1 Å². The number of anilines is 3. The van der Waals surface area contributed by atoms with Gasteiger partial charge >= 0.3 is 0 Å². The Kier molecular flexibility index (Phi) is 6.18. The maximum absolute atomic E-state index is 2.47. The van der Waals surface area contributed by atoms with E-state index in [1.807, 2.05) is 0 Å². The summed E-state index contributed by atoms with van der Waals surface area (Å²) in [6.45, 7) is 0. The van der Waals surface area contributed by atoms with Gasteiger partial charge in [0, 0.05) is 55.4 Å². The van der Waals surface area contributed by atoms with E-state index in [1.165, 1.54) is 54.4 Å². The molecular weight excluding hydrogens is 595 g/mol. The van der Waals surface area contributed by atoms with Crippen molar-refractivity contribution >= 4 is 71.4 Å². The first kappa shape index (κ1) is 27.5. The molecule has 0 fully saturated rings. The molecule has 10 rings (SSSR count). The van der Waals surface area contributed by atoms with Crippen LogP contribution in [0.15, 0.2) is 188 Å². The lowest BCUT2D eigenvalue weighted by Crippen LogP contribution is -2.09. The molecule has 0 N–H and O–H groups in total. The standard InChI is InChI=1S/C46H31N3/c1-4-15-33(16-5-1)47(34-17-6-2-7-18-34)36-25-27-37(28-26-36)49-45-31-44-41(30-42(45)40-29-24-32-14-10-11-21-38(32)46(40)49)39-22-12-13-23-43(39)48(44)35-19-8-3-9-20-35/h1-31H. The van der Waals surface area contributed by atoms with Crippen molar-refractivity contribution in [2.45, 2.75) is 0 Å². The predicted molar refractivity (Wildman–Crippen MR) is 207 cm³/mol. The number of fused-ring (bicyclic) bond motifs is 8. The van der Waals surface area contributed by atoms with Gasteiger partial charge < -0.3 is 14.0 Å². The van der Waals surface area contributed by atoms with Gasteiger partial charge in [-0.15, -0.1) is 0 Å². The zero-order chi connectivity index (χ0) is 32.3. The van der Waals surface area contributed by atoms with Gasteiger partial charge in [-0.2, -0.15) is 0 Å². The summed E-state index contributed by atoms with van der Waals surface area (Å²) in [4.78, 5) is 2.31. The molecule has 0 radical (unpaired) electrons. The van der Waals surface area contributed by atoms with Crippen LogP contribution < -0.4 is 4.90 Å². The van der Waals surface area contributed by atoms with Crippen molar-refractivity contribution in [1.82, 2.24) is 9.13 Å². The molecule has 8 aromatic carbocycles. The van der Waals surface area contributed by atoms with Crippen LogP contribution in [0.1, 0.15) is 0 Å². The van der Waals surface area contributed by atoms with Crippen LogP contribution in [-0.4, -0.2) is 9.13 Å². The van der Waals surface area contributed by atoms with Gasteiger partial charge in [-0.05, 0) is 84.2 Å². The van der Waals surface area contributed by atoms with E-state index in [4.69, 9.17) is 0 Å². The van der Waals surface area contributed by atoms with Gasteiger partial charge in [0.25, 0.3) is 0 Å². The number of hydrogen-bond donors (Lipinski definition) is 0. The van der Waals surface area contributed by atoms with Crippen LogP contribution in [0.4, 0.5) is 17.1 Å². The topological polar surface area (TPSA) is 13.1 Å². The first-order chi connectivity index (χ1) is 24.3. The average molecular weight is 626 g/mol. The minimum Gasteiger partial charge on any atom is -0.311 e. The second-order valence-corrected chi connectivity index (χ2v) is 12.6. The number of hydrogen-bond acceptors (Lipinski definition) is 1. The summed E-state index contributed by atoms with van der Waals surface area (Å²) in [6.07, 6.45) is 0. The highest BCUT2D eigenvalue weighted by Gasteiger charge is 2.20. The van der Waals surface area contributed by atoms with Crippen molar-refractivity contribution in [2.24, 2.45) is 0 Å². The van der Waals surface area contributed by atoms with Gasteiger partial charge in [0.1, 0.15) is 0 Å². The lowest BCUT2D eigenvalue weighted by Gasteiger charge is -2.25. The van der Waals surface area contributed by atoms with Crippen LogP contribution in [0.25, 0.3) is 65.8 Å². The lowest BCUT2D eigenvalue weighted by molar-refractivity contribution is 1.16. The molecule has 0 spiro atoms. The lowest BCUT2D eigenvalue weighted by atomic mass is 10.0. The minimum atomic E-state index is 1.11. The summed E-state index contributed by atoms with van der Waals surface area (Å²) in [5, 5.41) is 7.51. The maximum Gasteiger partial charge on any atom is 0.0619 e. The fourth-order valence-corrected chi connectivity index (χ4v) is 7.71. The third kappa shape index (κ3) is 4.29. The number of nitrogens with zero attached hydrogens (tertiary/aromatic N) is 3. The average Bonchev–Trinajstić information content (AvgIpc) is 3.68. The highest BCUT2D eigenvalue weighted by atomic mass is 15.1. The van der Waals surface area contributed by atoms with Gasteiger partial charge in [0.15, 0.2) is 0 Å². The van der Waals surface area contributed by atoms with Gasteiger partial charge in [-0.1, -0.05) is 109 Å². The Hall–Kier alpha value is -6.58. The van der Waals surface area contributed by atoms with Crippen molar-refractivity contribution < 1.29 is 0 Å². The van der Waals surface area contributed by atoms with Gasteiger partial charge in [-0.3, -0.25) is 0 Å². The highest BCUT2D eigenvalue weighted by Crippen LogP contribution is 2.42. The van der Waals surface area contributed by atoms with E-state index in [0.717, 1.165) is 28.4 Å². The molecule has 2 aromatic heterocycles. The van der Waals surface area contributed by atoms with Crippen molar-refractivity contribution in [1.29, 1.82) is 0 Å². The molecule has 3 heteroatoms. The Morgan fingerprint density at radius 1 is 0.306 bits per heavy atom. The zero-order valence-electron chi connectivity index (χ0n) is 26.7. The van der Waals surface area contributed by atoms with Gasteiger partial charge in [0.2, 0.25) is 0 Å². The quantitative estimate of drug-likeness (QED) is 0.185. The van der Waals surface area contributed by atoms with E-state index in [-0.39, 0.29) is 0 Å². The highest BCUT2D eigenvalue weighted by molar-refractivity contribution is 6.23. The van der Waals surface area contributed by atoms with Crippen molar-refractivity contribution in [2.75, 3.05) is 4.90 Å². The van der Waals surface area contributed by atoms with Crippen molar-refractivity contribution in [3.8, 4) is 11.4 Å². The molecule has 230 valence electrons. The van der Waals surface area contributed by atoms with E-state index < -0.39 is 0 Å². The molecule has 0 aliphatic rings. The molecule has 0 atom stereocenters. The number of rotatable bonds is 5. The van der Waals surface area contributed by atoms with E-state index in [9.17, 15) is 0 Å². The minimum absolute atomic E-state index is 1.11. The van der Waals surface area contributed by atoms with E-state index in [0.29, 0.717) is 0 Å². The summed E-state index contributed by atoms with van der Waals surface area (Å²) < 4.78 is 4.88. The smallest absolute Gasteiger partial charge is 0.0619 e. The van der Waals surface area contributed by atoms with Crippen molar-refractivity contribution in [3.05, 3.63) is 188 Å². The number of benzene rings is 8.